The average Bonchev–Trinajstić information content (AvgIpc) is 2.81. The summed E-state index contributed by atoms with van der Waals surface area (Å²) in [5.41, 5.74) is 1.54. The monoisotopic (exact) mass is 316 g/mol. The number of nitrogens with zero attached hydrogens (tertiary/aromatic N) is 1. The van der Waals surface area contributed by atoms with Crippen molar-refractivity contribution < 1.29 is 14.3 Å². The van der Waals surface area contributed by atoms with Gasteiger partial charge in [0, 0.05) is 18.8 Å². The molecule has 0 aliphatic carbocycles. The molecule has 124 valence electrons. The zero-order valence-electron chi connectivity index (χ0n) is 14.0. The fraction of sp³-hybridized carbons (Fsp3) is 0.556. The summed E-state index contributed by atoms with van der Waals surface area (Å²) >= 11 is 0. The highest BCUT2D eigenvalue weighted by molar-refractivity contribution is 6.03. The van der Waals surface area contributed by atoms with Gasteiger partial charge in [0.1, 0.15) is 5.60 Å². The smallest absolute Gasteiger partial charge is 0.410 e. The lowest BCUT2D eigenvalue weighted by molar-refractivity contribution is -0.118. The van der Waals surface area contributed by atoms with Crippen LogP contribution < -0.4 is 5.32 Å². The Labute approximate surface area is 137 Å². The van der Waals surface area contributed by atoms with Crippen LogP contribution in [0.5, 0.6) is 0 Å². The second-order valence-electron chi connectivity index (χ2n) is 7.36. The van der Waals surface area contributed by atoms with Crippen molar-refractivity contribution in [3.8, 4) is 0 Å². The molecule has 2 aliphatic heterocycles. The zero-order chi connectivity index (χ0) is 16.6. The molecule has 2 amide bonds. The number of likely N-dealkylation sites (tertiary alicyclic amines) is 1. The zero-order valence-corrected chi connectivity index (χ0v) is 14.0. The molecule has 1 atom stereocenters. The third-order valence-electron chi connectivity index (χ3n) is 4.50. The van der Waals surface area contributed by atoms with E-state index in [-0.39, 0.29) is 23.8 Å². The first kappa shape index (κ1) is 15.8. The van der Waals surface area contributed by atoms with Gasteiger partial charge in [0.05, 0.1) is 5.92 Å². The molecule has 23 heavy (non-hydrogen) atoms. The van der Waals surface area contributed by atoms with Crippen LogP contribution in [0.25, 0.3) is 0 Å². The summed E-state index contributed by atoms with van der Waals surface area (Å²) in [5, 5.41) is 2.97. The van der Waals surface area contributed by atoms with Crippen molar-refractivity contribution in [3.63, 3.8) is 0 Å². The van der Waals surface area contributed by atoms with Crippen molar-refractivity contribution in [1.29, 1.82) is 0 Å². The molecule has 0 saturated carbocycles. The number of nitrogens with one attached hydrogen (secondary N) is 1. The van der Waals surface area contributed by atoms with E-state index in [4.69, 9.17) is 4.74 Å². The van der Waals surface area contributed by atoms with E-state index in [2.05, 4.69) is 5.32 Å². The fourth-order valence-electron chi connectivity index (χ4n) is 3.44. The molecule has 0 unspecified atom stereocenters. The predicted molar refractivity (Wildman–Crippen MR) is 88.3 cm³/mol. The third-order valence-corrected chi connectivity index (χ3v) is 4.50. The molecule has 0 spiro atoms. The SMILES string of the molecule is CC(C)(C)OC(=O)N1CCC([C@H]2C(=O)Nc3ccccc32)CC1. The number of hydrogen-bond donors (Lipinski definition) is 1. The summed E-state index contributed by atoms with van der Waals surface area (Å²) in [6.07, 6.45) is 1.39. The number of piperidine rings is 1. The number of carbonyl (C=O) groups is 2. The summed E-state index contributed by atoms with van der Waals surface area (Å²) in [7, 11) is 0. The van der Waals surface area contributed by atoms with Crippen LogP contribution in [0.4, 0.5) is 10.5 Å². The number of amides is 2. The van der Waals surface area contributed by atoms with E-state index in [1.54, 1.807) is 4.90 Å². The standard InChI is InChI=1S/C18H24N2O3/c1-18(2,3)23-17(22)20-10-8-12(9-11-20)15-13-6-4-5-7-14(13)19-16(15)21/h4-7,12,15H,8-11H2,1-3H3,(H,19,21)/t15-/m1/s1. The third kappa shape index (κ3) is 3.33. The Balaban J connectivity index is 1.64. The fourth-order valence-corrected chi connectivity index (χ4v) is 3.44. The van der Waals surface area contributed by atoms with E-state index in [9.17, 15) is 9.59 Å². The molecule has 1 saturated heterocycles. The summed E-state index contributed by atoms with van der Waals surface area (Å²) < 4.78 is 5.42. The van der Waals surface area contributed by atoms with Gasteiger partial charge in [-0.1, -0.05) is 18.2 Å². The Kier molecular flexibility index (Phi) is 4.04. The van der Waals surface area contributed by atoms with E-state index in [0.717, 1.165) is 24.1 Å². The van der Waals surface area contributed by atoms with E-state index < -0.39 is 5.60 Å². The number of ether oxygens (including phenoxy) is 1. The lowest BCUT2D eigenvalue weighted by Gasteiger charge is -2.35. The van der Waals surface area contributed by atoms with Gasteiger partial charge >= 0.3 is 6.09 Å². The Hall–Kier alpha value is -2.04. The summed E-state index contributed by atoms with van der Waals surface area (Å²) in [5.74, 6) is 0.270. The summed E-state index contributed by atoms with van der Waals surface area (Å²) in [6, 6.07) is 7.88. The highest BCUT2D eigenvalue weighted by Crippen LogP contribution is 2.41. The quantitative estimate of drug-likeness (QED) is 0.864. The minimum Gasteiger partial charge on any atom is -0.444 e. The Morgan fingerprint density at radius 2 is 1.87 bits per heavy atom. The molecule has 1 N–H and O–H groups in total. The molecular weight excluding hydrogens is 292 g/mol. The first-order chi connectivity index (χ1) is 10.8. The number of carbonyl (C=O) groups excluding carboxylic acids is 2. The largest absolute Gasteiger partial charge is 0.444 e. The van der Waals surface area contributed by atoms with Gasteiger partial charge in [0.2, 0.25) is 5.91 Å². The number of fused-ring (bicyclic) bond motifs is 1. The molecule has 0 radical (unpaired) electrons. The minimum atomic E-state index is -0.474. The van der Waals surface area contributed by atoms with Gasteiger partial charge in [0.15, 0.2) is 0 Å². The maximum atomic E-state index is 12.3. The molecule has 2 aliphatic rings. The Morgan fingerprint density at radius 3 is 2.52 bits per heavy atom. The second kappa shape index (κ2) is 5.87. The molecule has 1 fully saturated rings. The van der Waals surface area contributed by atoms with Crippen LogP contribution in [0.2, 0.25) is 0 Å². The van der Waals surface area contributed by atoms with Crippen molar-refractivity contribution in [3.05, 3.63) is 29.8 Å². The summed E-state index contributed by atoms with van der Waals surface area (Å²) in [6.45, 7) is 6.91. The second-order valence-corrected chi connectivity index (χ2v) is 7.36. The molecule has 1 aromatic rings. The van der Waals surface area contributed by atoms with E-state index >= 15 is 0 Å². The van der Waals surface area contributed by atoms with Crippen LogP contribution in [0, 0.1) is 5.92 Å². The number of anilines is 1. The van der Waals surface area contributed by atoms with Crippen molar-refractivity contribution in [2.75, 3.05) is 18.4 Å². The molecule has 0 aromatic heterocycles. The molecule has 3 rings (SSSR count). The van der Waals surface area contributed by atoms with Crippen LogP contribution >= 0.6 is 0 Å². The van der Waals surface area contributed by atoms with Gasteiger partial charge in [-0.05, 0) is 51.2 Å². The van der Waals surface area contributed by atoms with E-state index in [1.807, 2.05) is 45.0 Å². The van der Waals surface area contributed by atoms with Gasteiger partial charge in [-0.2, -0.15) is 0 Å². The van der Waals surface area contributed by atoms with Crippen LogP contribution in [0.15, 0.2) is 24.3 Å². The number of rotatable bonds is 1. The van der Waals surface area contributed by atoms with E-state index in [1.165, 1.54) is 0 Å². The lowest BCUT2D eigenvalue weighted by atomic mass is 9.81. The Morgan fingerprint density at radius 1 is 1.22 bits per heavy atom. The van der Waals surface area contributed by atoms with Crippen LogP contribution in [-0.2, 0) is 9.53 Å². The molecular formula is C18H24N2O3. The first-order valence-corrected chi connectivity index (χ1v) is 8.23. The van der Waals surface area contributed by atoms with Gasteiger partial charge in [-0.3, -0.25) is 4.79 Å². The highest BCUT2D eigenvalue weighted by Gasteiger charge is 2.39. The topological polar surface area (TPSA) is 58.6 Å². The number of benzene rings is 1. The minimum absolute atomic E-state index is 0.0851. The van der Waals surface area contributed by atoms with Gasteiger partial charge in [0.25, 0.3) is 0 Å². The number of para-hydroxylation sites is 1. The van der Waals surface area contributed by atoms with Gasteiger partial charge in [-0.15, -0.1) is 0 Å². The Bertz CT molecular complexity index is 613. The van der Waals surface area contributed by atoms with Crippen molar-refractivity contribution in [2.24, 2.45) is 5.92 Å². The van der Waals surface area contributed by atoms with Crippen molar-refractivity contribution in [2.45, 2.75) is 45.1 Å². The molecule has 5 heteroatoms. The molecule has 0 bridgehead atoms. The normalized spacial score (nSPS) is 21.8. The maximum Gasteiger partial charge on any atom is 0.410 e. The van der Waals surface area contributed by atoms with Crippen molar-refractivity contribution >= 4 is 17.7 Å². The van der Waals surface area contributed by atoms with Gasteiger partial charge in [-0.25, -0.2) is 4.79 Å². The lowest BCUT2D eigenvalue weighted by Crippen LogP contribution is -2.43. The van der Waals surface area contributed by atoms with Crippen LogP contribution in [-0.4, -0.2) is 35.6 Å². The molecule has 1 aromatic carbocycles. The number of hydrogen-bond acceptors (Lipinski definition) is 3. The first-order valence-electron chi connectivity index (χ1n) is 8.23. The molecule has 2 heterocycles. The van der Waals surface area contributed by atoms with Gasteiger partial charge < -0.3 is 15.0 Å². The van der Waals surface area contributed by atoms with Crippen LogP contribution in [0.1, 0.15) is 45.1 Å². The average molecular weight is 316 g/mol. The predicted octanol–water partition coefficient (Wildman–Crippen LogP) is 3.37. The van der Waals surface area contributed by atoms with Crippen LogP contribution in [0.3, 0.4) is 0 Å². The van der Waals surface area contributed by atoms with E-state index in [0.29, 0.717) is 13.1 Å². The summed E-state index contributed by atoms with van der Waals surface area (Å²) in [4.78, 5) is 26.2. The highest BCUT2D eigenvalue weighted by atomic mass is 16.6. The molecule has 5 nitrogen and oxygen atoms in total. The maximum absolute atomic E-state index is 12.3. The van der Waals surface area contributed by atoms with Crippen molar-refractivity contribution in [1.82, 2.24) is 4.90 Å².